The molecule has 0 fully saturated rings. The Morgan fingerprint density at radius 1 is 1.00 bits per heavy atom. The predicted molar refractivity (Wildman–Crippen MR) is 120 cm³/mol. The third-order valence-electron chi connectivity index (χ3n) is 5.20. The van der Waals surface area contributed by atoms with E-state index in [4.69, 9.17) is 4.98 Å². The summed E-state index contributed by atoms with van der Waals surface area (Å²) in [6.45, 7) is 6.23. The maximum atomic E-state index is 13.2. The number of rotatable bonds is 7. The Morgan fingerprint density at radius 3 is 2.60 bits per heavy atom. The van der Waals surface area contributed by atoms with Crippen molar-refractivity contribution in [2.24, 2.45) is 0 Å². The average molecular weight is 399 g/mol. The van der Waals surface area contributed by atoms with Crippen LogP contribution in [0.2, 0.25) is 0 Å². The van der Waals surface area contributed by atoms with Crippen LogP contribution in [0, 0.1) is 0 Å². The molecule has 0 N–H and O–H groups in total. The molecule has 2 heterocycles. The molecule has 152 valence electrons. The van der Waals surface area contributed by atoms with E-state index in [9.17, 15) is 4.79 Å². The zero-order chi connectivity index (χ0) is 20.9. The summed E-state index contributed by atoms with van der Waals surface area (Å²) in [5, 5.41) is 0. The van der Waals surface area contributed by atoms with Gasteiger partial charge in [0.2, 0.25) is 0 Å². The van der Waals surface area contributed by atoms with E-state index in [0.717, 1.165) is 41.1 Å². The van der Waals surface area contributed by atoms with E-state index >= 15 is 0 Å². The molecular formula is C25H26N4O. The third kappa shape index (κ3) is 3.96. The molecule has 0 saturated heterocycles. The highest BCUT2D eigenvalue weighted by Gasteiger charge is 2.18. The Hall–Kier alpha value is -3.47. The monoisotopic (exact) mass is 398 g/mol. The van der Waals surface area contributed by atoms with Crippen LogP contribution in [0.5, 0.6) is 0 Å². The molecule has 2 aromatic heterocycles. The van der Waals surface area contributed by atoms with Crippen molar-refractivity contribution in [3.05, 3.63) is 84.1 Å². The second kappa shape index (κ2) is 8.91. The first-order valence-electron chi connectivity index (χ1n) is 10.5. The number of carbonyl (C=O) groups excluding carboxylic acids is 1. The smallest absolute Gasteiger partial charge is 0.254 e. The van der Waals surface area contributed by atoms with E-state index in [1.165, 1.54) is 0 Å². The lowest BCUT2D eigenvalue weighted by Gasteiger charge is -2.21. The van der Waals surface area contributed by atoms with Crippen molar-refractivity contribution in [3.63, 3.8) is 0 Å². The molecule has 4 rings (SSSR count). The van der Waals surface area contributed by atoms with Gasteiger partial charge in [-0.2, -0.15) is 0 Å². The van der Waals surface area contributed by atoms with Gasteiger partial charge >= 0.3 is 0 Å². The van der Waals surface area contributed by atoms with Crippen molar-refractivity contribution in [1.29, 1.82) is 0 Å². The van der Waals surface area contributed by atoms with E-state index in [-0.39, 0.29) is 5.91 Å². The van der Waals surface area contributed by atoms with E-state index < -0.39 is 0 Å². The van der Waals surface area contributed by atoms with Crippen molar-refractivity contribution in [3.8, 4) is 11.4 Å². The number of fused-ring (bicyclic) bond motifs is 1. The highest BCUT2D eigenvalue weighted by atomic mass is 16.2. The summed E-state index contributed by atoms with van der Waals surface area (Å²) in [5.74, 6) is 0.880. The average Bonchev–Trinajstić information content (AvgIpc) is 3.17. The van der Waals surface area contributed by atoms with Crippen LogP contribution in [-0.4, -0.2) is 31.9 Å². The maximum Gasteiger partial charge on any atom is 0.254 e. The zero-order valence-corrected chi connectivity index (χ0v) is 17.5. The Bertz CT molecular complexity index is 1150. The molecule has 2 aromatic carbocycles. The summed E-state index contributed by atoms with van der Waals surface area (Å²) in [6, 6.07) is 21.7. The fraction of sp³-hybridized carbons (Fsp3) is 0.240. The number of carbonyl (C=O) groups is 1. The molecule has 0 aliphatic rings. The van der Waals surface area contributed by atoms with Gasteiger partial charge in [0.25, 0.3) is 5.91 Å². The molecule has 4 aromatic rings. The van der Waals surface area contributed by atoms with Gasteiger partial charge in [-0.3, -0.25) is 4.79 Å². The molecule has 0 spiro atoms. The second-order valence-corrected chi connectivity index (χ2v) is 7.32. The Morgan fingerprint density at radius 2 is 1.83 bits per heavy atom. The van der Waals surface area contributed by atoms with Crippen LogP contribution in [0.3, 0.4) is 0 Å². The van der Waals surface area contributed by atoms with Crippen molar-refractivity contribution >= 4 is 17.1 Å². The molecule has 30 heavy (non-hydrogen) atoms. The SMILES string of the molecule is CCCn1c(-c2cccc(C(=O)N(CC)Cc3ccccc3)c2)nc2cccnc21. The van der Waals surface area contributed by atoms with Crippen LogP contribution in [0.4, 0.5) is 0 Å². The molecule has 0 bridgehead atoms. The minimum atomic E-state index is 0.0273. The number of hydrogen-bond acceptors (Lipinski definition) is 3. The van der Waals surface area contributed by atoms with Gasteiger partial charge in [-0.05, 0) is 43.2 Å². The molecule has 5 heteroatoms. The second-order valence-electron chi connectivity index (χ2n) is 7.32. The van der Waals surface area contributed by atoms with Crippen LogP contribution < -0.4 is 0 Å². The molecule has 0 atom stereocenters. The molecule has 0 saturated carbocycles. The van der Waals surface area contributed by atoms with E-state index in [1.54, 1.807) is 6.20 Å². The fourth-order valence-electron chi connectivity index (χ4n) is 3.72. The van der Waals surface area contributed by atoms with Crippen LogP contribution in [0.25, 0.3) is 22.6 Å². The van der Waals surface area contributed by atoms with Crippen LogP contribution in [0.15, 0.2) is 72.9 Å². The van der Waals surface area contributed by atoms with Gasteiger partial charge < -0.3 is 9.47 Å². The molecule has 0 unspecified atom stereocenters. The highest BCUT2D eigenvalue weighted by Crippen LogP contribution is 2.25. The lowest BCUT2D eigenvalue weighted by Crippen LogP contribution is -2.30. The Balaban J connectivity index is 1.68. The number of nitrogens with zero attached hydrogens (tertiary/aromatic N) is 4. The lowest BCUT2D eigenvalue weighted by atomic mass is 10.1. The van der Waals surface area contributed by atoms with Gasteiger partial charge in [-0.1, -0.05) is 49.4 Å². The topological polar surface area (TPSA) is 51.0 Å². The van der Waals surface area contributed by atoms with Crippen molar-refractivity contribution in [2.75, 3.05) is 6.54 Å². The summed E-state index contributed by atoms with van der Waals surface area (Å²) < 4.78 is 2.14. The minimum Gasteiger partial charge on any atom is -0.335 e. The first kappa shape index (κ1) is 19.8. The molecule has 0 aliphatic heterocycles. The van der Waals surface area contributed by atoms with E-state index in [2.05, 4.69) is 16.5 Å². The fourth-order valence-corrected chi connectivity index (χ4v) is 3.72. The molecule has 0 aliphatic carbocycles. The summed E-state index contributed by atoms with van der Waals surface area (Å²) >= 11 is 0. The van der Waals surface area contributed by atoms with Gasteiger partial charge in [-0.15, -0.1) is 0 Å². The van der Waals surface area contributed by atoms with Crippen LogP contribution in [0.1, 0.15) is 36.2 Å². The number of benzene rings is 2. The predicted octanol–water partition coefficient (Wildman–Crippen LogP) is 5.17. The third-order valence-corrected chi connectivity index (χ3v) is 5.20. The molecule has 5 nitrogen and oxygen atoms in total. The quantitative estimate of drug-likeness (QED) is 0.431. The van der Waals surface area contributed by atoms with Crippen molar-refractivity contribution in [2.45, 2.75) is 33.4 Å². The molecular weight excluding hydrogens is 372 g/mol. The van der Waals surface area contributed by atoms with E-state index in [1.807, 2.05) is 78.6 Å². The van der Waals surface area contributed by atoms with Crippen molar-refractivity contribution in [1.82, 2.24) is 19.4 Å². The summed E-state index contributed by atoms with van der Waals surface area (Å²) in [5.41, 5.74) is 4.48. The summed E-state index contributed by atoms with van der Waals surface area (Å²) in [7, 11) is 0. The van der Waals surface area contributed by atoms with Gasteiger partial charge in [0.1, 0.15) is 11.3 Å². The standard InChI is InChI=1S/C25H26N4O/c1-3-16-29-23(27-22-14-9-15-26-24(22)29)20-12-8-13-21(17-20)25(30)28(4-2)18-19-10-6-5-7-11-19/h5-15,17H,3-4,16,18H2,1-2H3. The zero-order valence-electron chi connectivity index (χ0n) is 17.5. The number of amides is 1. The van der Waals surface area contributed by atoms with Gasteiger partial charge in [-0.25, -0.2) is 9.97 Å². The first-order chi connectivity index (χ1) is 14.7. The van der Waals surface area contributed by atoms with Gasteiger partial charge in [0, 0.05) is 37.0 Å². The minimum absolute atomic E-state index is 0.0273. The van der Waals surface area contributed by atoms with Crippen LogP contribution >= 0.6 is 0 Å². The first-order valence-corrected chi connectivity index (χ1v) is 10.5. The number of hydrogen-bond donors (Lipinski definition) is 0. The lowest BCUT2D eigenvalue weighted by molar-refractivity contribution is 0.0752. The largest absolute Gasteiger partial charge is 0.335 e. The maximum absolute atomic E-state index is 13.2. The highest BCUT2D eigenvalue weighted by molar-refractivity contribution is 5.95. The Kier molecular flexibility index (Phi) is 5.89. The molecule has 1 amide bonds. The molecule has 0 radical (unpaired) electrons. The number of imidazole rings is 1. The summed E-state index contributed by atoms with van der Waals surface area (Å²) in [6.07, 6.45) is 2.77. The normalized spacial score (nSPS) is 11.0. The summed E-state index contributed by atoms with van der Waals surface area (Å²) in [4.78, 5) is 24.4. The number of aromatic nitrogens is 3. The Labute approximate surface area is 177 Å². The van der Waals surface area contributed by atoms with Gasteiger partial charge in [0.15, 0.2) is 5.65 Å². The number of aryl methyl sites for hydroxylation is 1. The van der Waals surface area contributed by atoms with Crippen LogP contribution in [-0.2, 0) is 13.1 Å². The number of pyridine rings is 1. The van der Waals surface area contributed by atoms with Crippen molar-refractivity contribution < 1.29 is 4.79 Å². The van der Waals surface area contributed by atoms with Gasteiger partial charge in [0.05, 0.1) is 0 Å². The van der Waals surface area contributed by atoms with E-state index in [0.29, 0.717) is 18.7 Å².